The summed E-state index contributed by atoms with van der Waals surface area (Å²) in [6.45, 7) is 3.90. The third-order valence-corrected chi connectivity index (χ3v) is 0.933. The summed E-state index contributed by atoms with van der Waals surface area (Å²) in [4.78, 5) is 0. The summed E-state index contributed by atoms with van der Waals surface area (Å²) in [5.74, 6) is 0. The SMILES string of the molecule is CCO[P+](C)=O.[Mg]. The molecule has 0 rings (SSSR count). The standard InChI is InChI=1S/C3H8O2P.Mg/c1-3-5-6(2)4;/h3H2,1-2H3;/q+1;. The van der Waals surface area contributed by atoms with Crippen LogP contribution >= 0.6 is 8.03 Å². The van der Waals surface area contributed by atoms with Gasteiger partial charge in [-0.05, 0) is 11.5 Å². The maximum atomic E-state index is 9.97. The molecule has 1 atom stereocenters. The van der Waals surface area contributed by atoms with E-state index >= 15 is 0 Å². The summed E-state index contributed by atoms with van der Waals surface area (Å²) >= 11 is 0. The predicted octanol–water partition coefficient (Wildman–Crippen LogP) is 1.01. The Morgan fingerprint density at radius 2 is 2.14 bits per heavy atom. The molecule has 0 N–H and O–H groups in total. The zero-order valence-electron chi connectivity index (χ0n) is 4.68. The van der Waals surface area contributed by atoms with Crippen molar-refractivity contribution in [2.24, 2.45) is 0 Å². The molecule has 0 aliphatic carbocycles. The summed E-state index contributed by atoms with van der Waals surface area (Å²) in [5, 5.41) is 0. The first kappa shape index (κ1) is 10.7. The third-order valence-electron chi connectivity index (χ3n) is 0.311. The van der Waals surface area contributed by atoms with Crippen molar-refractivity contribution in [1.82, 2.24) is 0 Å². The van der Waals surface area contributed by atoms with Crippen molar-refractivity contribution in [3.05, 3.63) is 0 Å². The Morgan fingerprint density at radius 1 is 1.71 bits per heavy atom. The van der Waals surface area contributed by atoms with Crippen molar-refractivity contribution in [1.29, 1.82) is 0 Å². The van der Waals surface area contributed by atoms with Gasteiger partial charge in [-0.2, -0.15) is 0 Å². The lowest BCUT2D eigenvalue weighted by Crippen LogP contribution is -1.72. The Kier molecular flexibility index (Phi) is 10.5. The molecule has 7 heavy (non-hydrogen) atoms. The van der Waals surface area contributed by atoms with E-state index in [2.05, 4.69) is 4.52 Å². The molecular weight excluding hydrogens is 123 g/mol. The molecule has 0 aromatic heterocycles. The van der Waals surface area contributed by atoms with Gasteiger partial charge in [0.05, 0.1) is 6.61 Å². The highest BCUT2D eigenvalue weighted by Crippen LogP contribution is 2.12. The first-order valence-corrected chi connectivity index (χ1v) is 3.43. The fourth-order valence-electron chi connectivity index (χ4n) is 0.182. The Balaban J connectivity index is 0. The highest BCUT2D eigenvalue weighted by molar-refractivity contribution is 7.38. The molecule has 0 saturated carbocycles. The van der Waals surface area contributed by atoms with Gasteiger partial charge < -0.3 is 0 Å². The van der Waals surface area contributed by atoms with Crippen molar-refractivity contribution in [3.63, 3.8) is 0 Å². The van der Waals surface area contributed by atoms with Crippen LogP contribution < -0.4 is 0 Å². The van der Waals surface area contributed by atoms with Crippen LogP contribution in [-0.2, 0) is 9.09 Å². The molecule has 0 fully saturated rings. The van der Waals surface area contributed by atoms with Gasteiger partial charge >= 0.3 is 8.03 Å². The van der Waals surface area contributed by atoms with Crippen LogP contribution in [0.25, 0.3) is 0 Å². The maximum Gasteiger partial charge on any atom is 0.504 e. The second kappa shape index (κ2) is 6.83. The molecule has 0 aliphatic heterocycles. The van der Waals surface area contributed by atoms with Crippen LogP contribution in [0.2, 0.25) is 0 Å². The minimum atomic E-state index is -1.35. The molecule has 0 aliphatic rings. The molecule has 0 aromatic carbocycles. The lowest BCUT2D eigenvalue weighted by molar-refractivity contribution is 0.354. The van der Waals surface area contributed by atoms with Crippen molar-refractivity contribution >= 4 is 31.1 Å². The lowest BCUT2D eigenvalue weighted by Gasteiger charge is -1.70. The van der Waals surface area contributed by atoms with E-state index in [-0.39, 0.29) is 23.1 Å². The summed E-state index contributed by atoms with van der Waals surface area (Å²) in [7, 11) is -1.35. The van der Waals surface area contributed by atoms with Crippen LogP contribution in [0.5, 0.6) is 0 Å². The summed E-state index contributed by atoms with van der Waals surface area (Å²) in [6, 6.07) is 0. The number of hydrogen-bond donors (Lipinski definition) is 0. The number of rotatable bonds is 2. The monoisotopic (exact) mass is 131 g/mol. The van der Waals surface area contributed by atoms with E-state index in [0.717, 1.165) is 0 Å². The van der Waals surface area contributed by atoms with Crippen LogP contribution in [-0.4, -0.2) is 36.3 Å². The van der Waals surface area contributed by atoms with Crippen molar-refractivity contribution in [3.8, 4) is 0 Å². The van der Waals surface area contributed by atoms with Crippen molar-refractivity contribution in [2.75, 3.05) is 13.3 Å². The molecule has 0 spiro atoms. The number of hydrogen-bond acceptors (Lipinski definition) is 2. The summed E-state index contributed by atoms with van der Waals surface area (Å²) < 4.78 is 14.5. The Labute approximate surface area is 60.6 Å². The zero-order chi connectivity index (χ0) is 4.99. The van der Waals surface area contributed by atoms with Crippen molar-refractivity contribution < 1.29 is 9.09 Å². The molecule has 0 aromatic rings. The normalized spacial score (nSPS) is 9.71. The van der Waals surface area contributed by atoms with Gasteiger partial charge in [-0.1, -0.05) is 0 Å². The highest BCUT2D eigenvalue weighted by Gasteiger charge is 2.00. The van der Waals surface area contributed by atoms with Crippen LogP contribution in [0.1, 0.15) is 6.92 Å². The van der Waals surface area contributed by atoms with E-state index in [1.54, 1.807) is 6.66 Å². The van der Waals surface area contributed by atoms with Gasteiger partial charge in [-0.25, -0.2) is 0 Å². The quantitative estimate of drug-likeness (QED) is 0.413. The molecule has 1 unspecified atom stereocenters. The fourth-order valence-corrected chi connectivity index (χ4v) is 0.545. The van der Waals surface area contributed by atoms with E-state index in [1.807, 2.05) is 6.92 Å². The van der Waals surface area contributed by atoms with E-state index in [0.29, 0.717) is 6.61 Å². The van der Waals surface area contributed by atoms with E-state index in [4.69, 9.17) is 0 Å². The van der Waals surface area contributed by atoms with Gasteiger partial charge in [0.2, 0.25) is 0 Å². The van der Waals surface area contributed by atoms with Gasteiger partial charge in [0.25, 0.3) is 0 Å². The first-order valence-electron chi connectivity index (χ1n) is 1.81. The minimum Gasteiger partial charge on any atom is -0.147 e. The predicted molar refractivity (Wildman–Crippen MR) is 30.9 cm³/mol. The van der Waals surface area contributed by atoms with Crippen LogP contribution in [0.3, 0.4) is 0 Å². The van der Waals surface area contributed by atoms with E-state index in [1.165, 1.54) is 0 Å². The molecular formula is C3H8MgO2P+. The third kappa shape index (κ3) is 10.9. The second-order valence-electron chi connectivity index (χ2n) is 0.857. The van der Waals surface area contributed by atoms with Crippen LogP contribution in [0.4, 0.5) is 0 Å². The first-order chi connectivity index (χ1) is 2.77. The minimum absolute atomic E-state index is 0. The lowest BCUT2D eigenvalue weighted by atomic mass is 10.9. The summed E-state index contributed by atoms with van der Waals surface area (Å²) in [5.41, 5.74) is 0. The van der Waals surface area contributed by atoms with E-state index in [9.17, 15) is 4.57 Å². The molecule has 0 bridgehead atoms. The van der Waals surface area contributed by atoms with Crippen LogP contribution in [0.15, 0.2) is 0 Å². The van der Waals surface area contributed by atoms with Gasteiger partial charge in [0.15, 0.2) is 6.66 Å². The van der Waals surface area contributed by atoms with Crippen LogP contribution in [0, 0.1) is 0 Å². The van der Waals surface area contributed by atoms with Gasteiger partial charge in [0, 0.05) is 23.1 Å². The molecule has 38 valence electrons. The molecule has 0 amide bonds. The van der Waals surface area contributed by atoms with Gasteiger partial charge in [-0.3, -0.25) is 0 Å². The molecule has 0 saturated heterocycles. The Bertz CT molecular complexity index is 56.9. The zero-order valence-corrected chi connectivity index (χ0v) is 6.99. The summed E-state index contributed by atoms with van der Waals surface area (Å²) in [6.07, 6.45) is 0. The highest BCUT2D eigenvalue weighted by atomic mass is 31.1. The molecule has 2 nitrogen and oxygen atoms in total. The average Bonchev–Trinajstić information content (AvgIpc) is 1.35. The fraction of sp³-hybridized carbons (Fsp3) is 1.00. The molecule has 0 heterocycles. The van der Waals surface area contributed by atoms with Gasteiger partial charge in [-0.15, -0.1) is 4.52 Å². The topological polar surface area (TPSA) is 26.3 Å². The Morgan fingerprint density at radius 3 is 2.14 bits per heavy atom. The molecule has 2 radical (unpaired) electrons. The average molecular weight is 131 g/mol. The second-order valence-corrected chi connectivity index (χ2v) is 2.00. The largest absolute Gasteiger partial charge is 0.504 e. The molecule has 4 heteroatoms. The van der Waals surface area contributed by atoms with Crippen molar-refractivity contribution in [2.45, 2.75) is 6.92 Å². The Hall–Kier alpha value is 0.826. The van der Waals surface area contributed by atoms with Gasteiger partial charge in [0.1, 0.15) is 0 Å². The maximum absolute atomic E-state index is 9.97. The van der Waals surface area contributed by atoms with E-state index < -0.39 is 8.03 Å². The smallest absolute Gasteiger partial charge is 0.147 e.